The van der Waals surface area contributed by atoms with Crippen molar-refractivity contribution in [3.8, 4) is 0 Å². The summed E-state index contributed by atoms with van der Waals surface area (Å²) in [5, 5.41) is 5.83. The molecule has 0 radical (unpaired) electrons. The van der Waals surface area contributed by atoms with Gasteiger partial charge in [-0.2, -0.15) is 0 Å². The predicted octanol–water partition coefficient (Wildman–Crippen LogP) is 3.10. The number of hydrogen-bond acceptors (Lipinski definition) is 3. The first kappa shape index (κ1) is 13.9. The van der Waals surface area contributed by atoms with Crippen molar-refractivity contribution in [2.24, 2.45) is 5.92 Å². The molecular formula is C19H21NO2. The Morgan fingerprint density at radius 1 is 1.05 bits per heavy atom. The summed E-state index contributed by atoms with van der Waals surface area (Å²) in [7, 11) is 0. The number of rotatable bonds is 2. The number of carbonyl (C=O) groups is 1. The number of Topliss-reactive ketones (excluding diaryl/α,β-unsaturated/α-hetero) is 1. The molecule has 0 saturated carbocycles. The van der Waals surface area contributed by atoms with E-state index in [0.29, 0.717) is 17.9 Å². The summed E-state index contributed by atoms with van der Waals surface area (Å²) in [5.74, 6) is 0.417. The number of fused-ring (bicyclic) bond motifs is 3. The van der Waals surface area contributed by atoms with Crippen molar-refractivity contribution in [2.45, 2.75) is 31.8 Å². The van der Waals surface area contributed by atoms with Gasteiger partial charge >= 0.3 is 0 Å². The summed E-state index contributed by atoms with van der Waals surface area (Å²) in [6, 6.07) is 13.0. The summed E-state index contributed by atoms with van der Waals surface area (Å²) >= 11 is 0. The minimum Gasteiger partial charge on any atom is -0.378 e. The van der Waals surface area contributed by atoms with Crippen molar-refractivity contribution >= 4 is 16.6 Å². The first-order chi connectivity index (χ1) is 10.7. The maximum Gasteiger partial charge on any atom is 0.166 e. The quantitative estimate of drug-likeness (QED) is 0.865. The lowest BCUT2D eigenvalue weighted by Gasteiger charge is -2.39. The third-order valence-corrected chi connectivity index (χ3v) is 5.03. The largest absolute Gasteiger partial charge is 0.378 e. The van der Waals surface area contributed by atoms with Crippen molar-refractivity contribution in [1.29, 1.82) is 0 Å². The zero-order chi connectivity index (χ0) is 15.1. The highest BCUT2D eigenvalue weighted by molar-refractivity contribution is 6.09. The molecule has 2 fully saturated rings. The van der Waals surface area contributed by atoms with Crippen LogP contribution in [0, 0.1) is 12.8 Å². The summed E-state index contributed by atoms with van der Waals surface area (Å²) in [5.41, 5.74) is 2.11. The molecule has 2 bridgehead atoms. The van der Waals surface area contributed by atoms with Crippen LogP contribution in [0.4, 0.5) is 0 Å². The Kier molecular flexibility index (Phi) is 3.47. The zero-order valence-corrected chi connectivity index (χ0v) is 12.8. The van der Waals surface area contributed by atoms with E-state index in [1.54, 1.807) is 0 Å². The van der Waals surface area contributed by atoms with Gasteiger partial charge in [-0.3, -0.25) is 4.79 Å². The van der Waals surface area contributed by atoms with Crippen LogP contribution in [-0.2, 0) is 4.74 Å². The average Bonchev–Trinajstić information content (AvgIpc) is 2.54. The predicted molar refractivity (Wildman–Crippen MR) is 87.3 cm³/mol. The second kappa shape index (κ2) is 5.49. The van der Waals surface area contributed by atoms with Crippen molar-refractivity contribution in [1.82, 2.24) is 5.32 Å². The maximum atomic E-state index is 13.1. The van der Waals surface area contributed by atoms with E-state index in [4.69, 9.17) is 4.74 Å². The van der Waals surface area contributed by atoms with Gasteiger partial charge in [0.05, 0.1) is 13.2 Å². The molecule has 0 aromatic heterocycles. The molecule has 114 valence electrons. The second-order valence-corrected chi connectivity index (χ2v) is 6.61. The van der Waals surface area contributed by atoms with Crippen molar-refractivity contribution < 1.29 is 9.53 Å². The van der Waals surface area contributed by atoms with Crippen LogP contribution in [0.25, 0.3) is 10.8 Å². The number of piperidine rings is 1. The topological polar surface area (TPSA) is 38.3 Å². The fourth-order valence-electron chi connectivity index (χ4n) is 3.94. The lowest BCUT2D eigenvalue weighted by Crippen LogP contribution is -2.55. The molecule has 3 nitrogen and oxygen atoms in total. The number of hydrogen-bond donors (Lipinski definition) is 1. The molecule has 0 amide bonds. The Bertz CT molecular complexity index is 712. The Morgan fingerprint density at radius 3 is 2.45 bits per heavy atom. The summed E-state index contributed by atoms with van der Waals surface area (Å²) in [6.07, 6.45) is 1.77. The maximum absolute atomic E-state index is 13.1. The van der Waals surface area contributed by atoms with Gasteiger partial charge in [-0.25, -0.2) is 0 Å². The number of nitrogens with one attached hydrogen (secondary N) is 1. The Morgan fingerprint density at radius 2 is 1.73 bits per heavy atom. The fourth-order valence-corrected chi connectivity index (χ4v) is 3.94. The van der Waals surface area contributed by atoms with E-state index in [2.05, 4.69) is 30.4 Å². The van der Waals surface area contributed by atoms with Crippen LogP contribution in [0.1, 0.15) is 28.8 Å². The lowest BCUT2D eigenvalue weighted by molar-refractivity contribution is 0.00956. The van der Waals surface area contributed by atoms with Gasteiger partial charge in [0.2, 0.25) is 0 Å². The van der Waals surface area contributed by atoms with Crippen molar-refractivity contribution in [3.05, 3.63) is 47.5 Å². The summed E-state index contributed by atoms with van der Waals surface area (Å²) < 4.78 is 5.58. The molecule has 2 unspecified atom stereocenters. The van der Waals surface area contributed by atoms with Gasteiger partial charge in [-0.1, -0.05) is 36.4 Å². The molecule has 2 aliphatic rings. The molecule has 2 atom stereocenters. The molecular weight excluding hydrogens is 274 g/mol. The number of ketones is 1. The van der Waals surface area contributed by atoms with E-state index in [0.717, 1.165) is 37.0 Å². The molecule has 2 heterocycles. The highest BCUT2D eigenvalue weighted by Crippen LogP contribution is 2.30. The van der Waals surface area contributed by atoms with E-state index in [1.807, 2.05) is 18.2 Å². The lowest BCUT2D eigenvalue weighted by atomic mass is 9.81. The second-order valence-electron chi connectivity index (χ2n) is 6.61. The molecule has 2 saturated heterocycles. The van der Waals surface area contributed by atoms with E-state index < -0.39 is 0 Å². The molecule has 4 rings (SSSR count). The van der Waals surface area contributed by atoms with Gasteiger partial charge < -0.3 is 10.1 Å². The van der Waals surface area contributed by atoms with E-state index >= 15 is 0 Å². The van der Waals surface area contributed by atoms with Gasteiger partial charge in [0, 0.05) is 23.6 Å². The Balaban J connectivity index is 1.70. The molecule has 3 heteroatoms. The van der Waals surface area contributed by atoms with Crippen LogP contribution in [0.5, 0.6) is 0 Å². The molecule has 2 aliphatic heterocycles. The molecule has 2 aromatic rings. The SMILES string of the molecule is Cc1ccc(C(=O)C2CC3COCC(C2)N3)c2ccccc12. The Hall–Kier alpha value is -1.71. The van der Waals surface area contributed by atoms with Crippen LogP contribution in [0.3, 0.4) is 0 Å². The highest BCUT2D eigenvalue weighted by atomic mass is 16.5. The van der Waals surface area contributed by atoms with Gasteiger partial charge in [-0.05, 0) is 36.1 Å². The summed E-state index contributed by atoms with van der Waals surface area (Å²) in [4.78, 5) is 13.1. The van der Waals surface area contributed by atoms with Crippen LogP contribution < -0.4 is 5.32 Å². The number of aryl methyl sites for hydroxylation is 1. The Labute approximate surface area is 130 Å². The number of ether oxygens (including phenoxy) is 1. The van der Waals surface area contributed by atoms with Gasteiger partial charge in [0.1, 0.15) is 0 Å². The van der Waals surface area contributed by atoms with Gasteiger partial charge in [0.15, 0.2) is 5.78 Å². The van der Waals surface area contributed by atoms with Crippen LogP contribution >= 0.6 is 0 Å². The first-order valence-electron chi connectivity index (χ1n) is 8.09. The number of morpholine rings is 1. The highest BCUT2D eigenvalue weighted by Gasteiger charge is 2.35. The number of carbonyl (C=O) groups excluding carboxylic acids is 1. The van der Waals surface area contributed by atoms with E-state index in [-0.39, 0.29) is 5.92 Å². The molecule has 0 spiro atoms. The number of benzene rings is 2. The minimum atomic E-state index is 0.117. The van der Waals surface area contributed by atoms with E-state index in [9.17, 15) is 4.79 Å². The van der Waals surface area contributed by atoms with Crippen LogP contribution in [0.2, 0.25) is 0 Å². The smallest absolute Gasteiger partial charge is 0.166 e. The molecule has 1 N–H and O–H groups in total. The zero-order valence-electron chi connectivity index (χ0n) is 12.8. The standard InChI is InChI=1S/C19H21NO2/c1-12-6-7-18(17-5-3-2-4-16(12)17)19(21)13-8-14-10-22-11-15(9-13)20-14/h2-7,13-15,20H,8-11H2,1H3. The van der Waals surface area contributed by atoms with Crippen molar-refractivity contribution in [3.63, 3.8) is 0 Å². The van der Waals surface area contributed by atoms with Crippen molar-refractivity contribution in [2.75, 3.05) is 13.2 Å². The van der Waals surface area contributed by atoms with Gasteiger partial charge in [-0.15, -0.1) is 0 Å². The molecule has 0 aliphatic carbocycles. The first-order valence-corrected chi connectivity index (χ1v) is 8.09. The van der Waals surface area contributed by atoms with Gasteiger partial charge in [0.25, 0.3) is 0 Å². The molecule has 2 aromatic carbocycles. The average molecular weight is 295 g/mol. The summed E-state index contributed by atoms with van der Waals surface area (Å²) in [6.45, 7) is 3.56. The van der Waals surface area contributed by atoms with E-state index in [1.165, 1.54) is 10.9 Å². The third-order valence-electron chi connectivity index (χ3n) is 5.03. The fraction of sp³-hybridized carbons (Fsp3) is 0.421. The van der Waals surface area contributed by atoms with Crippen LogP contribution in [0.15, 0.2) is 36.4 Å². The third kappa shape index (κ3) is 2.34. The normalized spacial score (nSPS) is 27.8. The minimum absolute atomic E-state index is 0.117. The molecule has 22 heavy (non-hydrogen) atoms. The van der Waals surface area contributed by atoms with Crippen LogP contribution in [-0.4, -0.2) is 31.1 Å². The monoisotopic (exact) mass is 295 g/mol.